The largest absolute Gasteiger partial charge is 0.461 e. The van der Waals surface area contributed by atoms with E-state index in [4.69, 9.17) is 9.47 Å². The molecule has 0 unspecified atom stereocenters. The van der Waals surface area contributed by atoms with Gasteiger partial charge in [-0.3, -0.25) is 9.59 Å². The first-order valence-corrected chi connectivity index (χ1v) is 10.7. The Balaban J connectivity index is 3.07. The summed E-state index contributed by atoms with van der Waals surface area (Å²) in [5, 5.41) is 2.06. The van der Waals surface area contributed by atoms with Gasteiger partial charge in [-0.1, -0.05) is 32.4 Å². The van der Waals surface area contributed by atoms with E-state index in [-0.39, 0.29) is 30.2 Å². The van der Waals surface area contributed by atoms with Crippen molar-refractivity contribution in [1.29, 1.82) is 0 Å². The van der Waals surface area contributed by atoms with Gasteiger partial charge in [-0.25, -0.2) is 9.78 Å². The maximum absolute atomic E-state index is 12.7. The first-order chi connectivity index (χ1) is 13.6. The molecule has 1 amide bonds. The first-order valence-electron chi connectivity index (χ1n) is 9.81. The van der Waals surface area contributed by atoms with Crippen LogP contribution in [0.2, 0.25) is 0 Å². The van der Waals surface area contributed by atoms with Crippen molar-refractivity contribution in [1.82, 2.24) is 9.88 Å². The Labute approximate surface area is 177 Å². The lowest BCUT2D eigenvalue weighted by molar-refractivity contribution is -0.147. The Bertz CT molecular complexity index is 730. The molecule has 0 N–H and O–H groups in total. The number of carbonyl (C=O) groups is 3. The normalized spacial score (nSPS) is 13.9. The van der Waals surface area contributed by atoms with Crippen molar-refractivity contribution in [2.24, 2.45) is 5.92 Å². The third-order valence-corrected chi connectivity index (χ3v) is 5.61. The van der Waals surface area contributed by atoms with Crippen molar-refractivity contribution < 1.29 is 23.9 Å². The smallest absolute Gasteiger partial charge is 0.357 e. The maximum Gasteiger partial charge on any atom is 0.357 e. The molecule has 1 aromatic heterocycles. The predicted molar refractivity (Wildman–Crippen MR) is 113 cm³/mol. The van der Waals surface area contributed by atoms with E-state index in [1.165, 1.54) is 18.3 Å². The van der Waals surface area contributed by atoms with Crippen molar-refractivity contribution in [2.75, 3.05) is 13.7 Å². The van der Waals surface area contributed by atoms with Gasteiger partial charge in [-0.05, 0) is 19.8 Å². The lowest BCUT2D eigenvalue weighted by Gasteiger charge is -2.31. The number of hydrogen-bond donors (Lipinski definition) is 0. The van der Waals surface area contributed by atoms with Crippen LogP contribution in [-0.2, 0) is 19.1 Å². The van der Waals surface area contributed by atoms with E-state index in [0.717, 1.165) is 12.0 Å². The van der Waals surface area contributed by atoms with E-state index in [9.17, 15) is 14.4 Å². The summed E-state index contributed by atoms with van der Waals surface area (Å²) < 4.78 is 10.4. The molecule has 0 radical (unpaired) electrons. The van der Waals surface area contributed by atoms with E-state index < -0.39 is 18.0 Å². The molecule has 0 aliphatic rings. The van der Waals surface area contributed by atoms with Gasteiger partial charge in [0, 0.05) is 32.2 Å². The standard InChI is InChI=1S/C21H32N2O5S/c1-8-14(5)10-19(25)23(7)17(13(3)4)11-18(28-15(6)24)20-22-16(12-29-20)21(26)27-9-2/h12,14,17-18H,3,8-11H2,1-2,4-7H3/t14-,17+,18+/m0/s1. The number of carbonyl (C=O) groups excluding carboxylic acids is 3. The van der Waals surface area contributed by atoms with Crippen LogP contribution in [0.15, 0.2) is 17.5 Å². The molecule has 0 spiro atoms. The number of aromatic nitrogens is 1. The predicted octanol–water partition coefficient (Wildman–Crippen LogP) is 4.15. The number of amides is 1. The first kappa shape index (κ1) is 24.8. The SMILES string of the molecule is C=C(C)[C@@H](C[C@@H](OC(C)=O)c1nc(C(=O)OCC)cs1)N(C)C(=O)C[C@@H](C)CC. The average Bonchev–Trinajstić information content (AvgIpc) is 3.14. The van der Waals surface area contributed by atoms with Crippen LogP contribution in [0, 0.1) is 5.92 Å². The summed E-state index contributed by atoms with van der Waals surface area (Å²) >= 11 is 1.22. The topological polar surface area (TPSA) is 85.8 Å². The summed E-state index contributed by atoms with van der Waals surface area (Å²) in [6.07, 6.45) is 0.983. The summed E-state index contributed by atoms with van der Waals surface area (Å²) in [5.41, 5.74) is 0.960. The van der Waals surface area contributed by atoms with Crippen LogP contribution in [-0.4, -0.2) is 47.4 Å². The molecule has 7 nitrogen and oxygen atoms in total. The summed E-state index contributed by atoms with van der Waals surface area (Å²) in [6, 6.07) is -0.328. The average molecular weight is 425 g/mol. The Morgan fingerprint density at radius 2 is 1.93 bits per heavy atom. The number of esters is 2. The zero-order chi connectivity index (χ0) is 22.1. The van der Waals surface area contributed by atoms with Gasteiger partial charge in [0.1, 0.15) is 5.01 Å². The van der Waals surface area contributed by atoms with Crippen LogP contribution < -0.4 is 0 Å². The highest BCUT2D eigenvalue weighted by Crippen LogP contribution is 2.30. The van der Waals surface area contributed by atoms with Gasteiger partial charge in [0.25, 0.3) is 0 Å². The van der Waals surface area contributed by atoms with Gasteiger partial charge in [-0.2, -0.15) is 0 Å². The maximum atomic E-state index is 12.7. The van der Waals surface area contributed by atoms with Crippen molar-refractivity contribution >= 4 is 29.2 Å². The van der Waals surface area contributed by atoms with E-state index in [1.54, 1.807) is 24.3 Å². The molecule has 1 rings (SSSR count). The van der Waals surface area contributed by atoms with Crippen molar-refractivity contribution in [2.45, 2.75) is 66.0 Å². The molecule has 0 saturated heterocycles. The fourth-order valence-electron chi connectivity index (χ4n) is 2.79. The molecule has 3 atom stereocenters. The zero-order valence-electron chi connectivity index (χ0n) is 18.2. The Morgan fingerprint density at radius 3 is 2.45 bits per heavy atom. The molecule has 1 heterocycles. The van der Waals surface area contributed by atoms with E-state index in [1.807, 2.05) is 13.8 Å². The van der Waals surface area contributed by atoms with Gasteiger partial charge in [-0.15, -0.1) is 11.3 Å². The third kappa shape index (κ3) is 7.61. The number of rotatable bonds is 11. The number of hydrogen-bond acceptors (Lipinski definition) is 7. The van der Waals surface area contributed by atoms with Crippen LogP contribution in [0.25, 0.3) is 0 Å². The van der Waals surface area contributed by atoms with Crippen molar-refractivity contribution in [3.05, 3.63) is 28.2 Å². The summed E-state index contributed by atoms with van der Waals surface area (Å²) in [4.78, 5) is 42.2. The zero-order valence-corrected chi connectivity index (χ0v) is 19.0. The highest BCUT2D eigenvalue weighted by molar-refractivity contribution is 7.09. The molecule has 0 aliphatic carbocycles. The number of nitrogens with zero attached hydrogens (tertiary/aromatic N) is 2. The van der Waals surface area contributed by atoms with Gasteiger partial charge in [0.2, 0.25) is 5.91 Å². The van der Waals surface area contributed by atoms with E-state index in [2.05, 4.69) is 18.5 Å². The Hall–Kier alpha value is -2.22. The molecule has 29 heavy (non-hydrogen) atoms. The summed E-state index contributed by atoms with van der Waals surface area (Å²) in [7, 11) is 1.74. The van der Waals surface area contributed by atoms with Gasteiger partial charge in [0.05, 0.1) is 12.6 Å². The van der Waals surface area contributed by atoms with E-state index >= 15 is 0 Å². The minimum absolute atomic E-state index is 0.0141. The van der Waals surface area contributed by atoms with Gasteiger partial charge >= 0.3 is 11.9 Å². The number of likely N-dealkylation sites (N-methyl/N-ethyl adjacent to an activating group) is 1. The van der Waals surface area contributed by atoms with Crippen molar-refractivity contribution in [3.63, 3.8) is 0 Å². The Kier molecular flexibility index (Phi) is 10.0. The molecule has 0 fully saturated rings. The number of thiazole rings is 1. The highest BCUT2D eigenvalue weighted by Gasteiger charge is 2.29. The second kappa shape index (κ2) is 11.7. The van der Waals surface area contributed by atoms with Crippen molar-refractivity contribution in [3.8, 4) is 0 Å². The van der Waals surface area contributed by atoms with Gasteiger partial charge < -0.3 is 14.4 Å². The fourth-order valence-corrected chi connectivity index (χ4v) is 3.62. The molecule has 1 aromatic rings. The lowest BCUT2D eigenvalue weighted by Crippen LogP contribution is -2.39. The minimum atomic E-state index is -0.693. The molecular formula is C21H32N2O5S. The fraction of sp³-hybridized carbons (Fsp3) is 0.619. The van der Waals surface area contributed by atoms with Crippen LogP contribution in [0.1, 0.15) is 75.5 Å². The quantitative estimate of drug-likeness (QED) is 0.392. The molecule has 8 heteroatoms. The minimum Gasteiger partial charge on any atom is -0.461 e. The lowest BCUT2D eigenvalue weighted by atomic mass is 9.99. The molecular weight excluding hydrogens is 392 g/mol. The highest BCUT2D eigenvalue weighted by atomic mass is 32.1. The summed E-state index contributed by atoms with van der Waals surface area (Å²) in [6.45, 7) is 13.2. The van der Waals surface area contributed by atoms with Gasteiger partial charge in [0.15, 0.2) is 11.8 Å². The summed E-state index contributed by atoms with van der Waals surface area (Å²) in [5.74, 6) is -0.683. The molecule has 162 valence electrons. The third-order valence-electron chi connectivity index (χ3n) is 4.68. The van der Waals surface area contributed by atoms with Crippen LogP contribution in [0.3, 0.4) is 0 Å². The molecule has 0 aromatic carbocycles. The van der Waals surface area contributed by atoms with Crippen LogP contribution >= 0.6 is 11.3 Å². The Morgan fingerprint density at radius 1 is 1.28 bits per heavy atom. The number of ether oxygens (including phenoxy) is 2. The molecule has 0 aliphatic heterocycles. The molecule has 0 bridgehead atoms. The van der Waals surface area contributed by atoms with Crippen LogP contribution in [0.5, 0.6) is 0 Å². The molecule has 0 saturated carbocycles. The monoisotopic (exact) mass is 424 g/mol. The second-order valence-electron chi connectivity index (χ2n) is 7.21. The van der Waals surface area contributed by atoms with E-state index in [0.29, 0.717) is 17.8 Å². The van der Waals surface area contributed by atoms with Crippen LogP contribution in [0.4, 0.5) is 0 Å². The second-order valence-corrected chi connectivity index (χ2v) is 8.10.